The second kappa shape index (κ2) is 10.2. The summed E-state index contributed by atoms with van der Waals surface area (Å²) in [4.78, 5) is 29.7. The number of para-hydroxylation sites is 1. The van der Waals surface area contributed by atoms with Gasteiger partial charge in [0.25, 0.3) is 0 Å². The molecule has 0 bridgehead atoms. The number of nitrogens with one attached hydrogen (secondary N) is 2. The van der Waals surface area contributed by atoms with Crippen LogP contribution in [0.15, 0.2) is 59.8 Å². The van der Waals surface area contributed by atoms with Gasteiger partial charge in [-0.25, -0.2) is 14.0 Å². The van der Waals surface area contributed by atoms with Gasteiger partial charge in [0.1, 0.15) is 5.82 Å². The van der Waals surface area contributed by atoms with E-state index in [9.17, 15) is 14.0 Å². The molecule has 1 saturated heterocycles. The van der Waals surface area contributed by atoms with Crippen LogP contribution in [-0.4, -0.2) is 56.2 Å². The molecule has 2 amide bonds. The third-order valence-corrected chi connectivity index (χ3v) is 6.12. The molecule has 1 atom stereocenters. The Balaban J connectivity index is 1.56. The molecule has 0 aromatic heterocycles. The lowest BCUT2D eigenvalue weighted by Crippen LogP contribution is -2.51. The smallest absolute Gasteiger partial charge is 0.338 e. The zero-order valence-electron chi connectivity index (χ0n) is 18.3. The molecule has 2 N–H and O–H groups in total. The zero-order valence-corrected chi connectivity index (χ0v) is 19.1. The number of benzene rings is 2. The van der Waals surface area contributed by atoms with Gasteiger partial charge in [0, 0.05) is 38.4 Å². The molecule has 33 heavy (non-hydrogen) atoms. The lowest BCUT2D eigenvalue weighted by atomic mass is 9.95. The maximum atomic E-state index is 13.4. The van der Waals surface area contributed by atoms with Crippen LogP contribution in [0.4, 0.5) is 14.9 Å². The average Bonchev–Trinajstić information content (AvgIpc) is 2.80. The summed E-state index contributed by atoms with van der Waals surface area (Å²) in [6.07, 6.45) is 0. The van der Waals surface area contributed by atoms with Gasteiger partial charge in [0.2, 0.25) is 0 Å². The summed E-state index contributed by atoms with van der Waals surface area (Å²) in [6, 6.07) is 12.3. The quantitative estimate of drug-likeness (QED) is 0.630. The summed E-state index contributed by atoms with van der Waals surface area (Å²) in [6.45, 7) is 5.31. The van der Waals surface area contributed by atoms with E-state index in [1.165, 1.54) is 12.1 Å². The lowest BCUT2D eigenvalue weighted by molar-refractivity contribution is -0.139. The van der Waals surface area contributed by atoms with E-state index >= 15 is 0 Å². The van der Waals surface area contributed by atoms with Crippen LogP contribution in [0.2, 0.25) is 5.02 Å². The topological polar surface area (TPSA) is 73.9 Å². The third-order valence-electron chi connectivity index (χ3n) is 5.80. The Labute approximate surface area is 197 Å². The fourth-order valence-corrected chi connectivity index (χ4v) is 4.43. The number of esters is 1. The molecule has 7 nitrogen and oxygen atoms in total. The van der Waals surface area contributed by atoms with Crippen LogP contribution in [0.25, 0.3) is 0 Å². The monoisotopic (exact) mass is 472 g/mol. The fraction of sp³-hybridized carbons (Fsp3) is 0.333. The van der Waals surface area contributed by atoms with Crippen molar-refractivity contribution in [1.82, 2.24) is 15.5 Å². The number of urea groups is 1. The summed E-state index contributed by atoms with van der Waals surface area (Å²) in [7, 11) is 0. The van der Waals surface area contributed by atoms with Gasteiger partial charge in [0.15, 0.2) is 0 Å². The number of hydrogen-bond donors (Lipinski definition) is 2. The molecule has 9 heteroatoms. The van der Waals surface area contributed by atoms with Crippen molar-refractivity contribution in [2.24, 2.45) is 0 Å². The van der Waals surface area contributed by atoms with Gasteiger partial charge in [-0.2, -0.15) is 0 Å². The molecule has 2 aromatic rings. The predicted molar refractivity (Wildman–Crippen MR) is 125 cm³/mol. The number of ether oxygens (including phenoxy) is 1. The van der Waals surface area contributed by atoms with Crippen molar-refractivity contribution < 1.29 is 18.7 Å². The minimum Gasteiger partial charge on any atom is -0.463 e. The van der Waals surface area contributed by atoms with Crippen LogP contribution in [0.5, 0.6) is 0 Å². The summed E-state index contributed by atoms with van der Waals surface area (Å²) in [5.74, 6) is -0.902. The first-order valence-corrected chi connectivity index (χ1v) is 11.3. The van der Waals surface area contributed by atoms with Gasteiger partial charge in [0.05, 0.1) is 28.9 Å². The molecule has 0 spiro atoms. The zero-order chi connectivity index (χ0) is 23.4. The minimum absolute atomic E-state index is 0.205. The molecule has 0 aliphatic carbocycles. The highest BCUT2D eigenvalue weighted by Crippen LogP contribution is 2.29. The van der Waals surface area contributed by atoms with Gasteiger partial charge in [-0.1, -0.05) is 35.9 Å². The Bertz CT molecular complexity index is 1050. The first-order chi connectivity index (χ1) is 16.0. The Morgan fingerprint density at radius 3 is 2.48 bits per heavy atom. The molecule has 2 heterocycles. The molecule has 174 valence electrons. The van der Waals surface area contributed by atoms with Crippen LogP contribution >= 0.6 is 11.6 Å². The van der Waals surface area contributed by atoms with Crippen molar-refractivity contribution in [1.29, 1.82) is 0 Å². The molecule has 2 aliphatic rings. The Morgan fingerprint density at radius 1 is 1.12 bits per heavy atom. The Kier molecular flexibility index (Phi) is 7.15. The van der Waals surface area contributed by atoms with Gasteiger partial charge in [-0.3, -0.25) is 4.90 Å². The molecule has 4 rings (SSSR count). The van der Waals surface area contributed by atoms with Crippen molar-refractivity contribution in [2.75, 3.05) is 44.2 Å². The molecule has 1 fully saturated rings. The summed E-state index contributed by atoms with van der Waals surface area (Å²) >= 11 is 6.34. The fourth-order valence-electron chi connectivity index (χ4n) is 4.18. The standard InChI is InChI=1S/C24H26ClFN4O3/c1-2-33-23(31)21-19(27-24(32)28-22(21)16-7-9-17(26)10-8-16)15-29-11-13-30(14-12-29)20-6-4-3-5-18(20)25/h3-10,22H,2,11-15H2,1H3,(H2,27,28,32)/t22-/m1/s1. The predicted octanol–water partition coefficient (Wildman–Crippen LogP) is 3.47. The number of nitrogens with zero attached hydrogens (tertiary/aromatic N) is 2. The van der Waals surface area contributed by atoms with E-state index in [2.05, 4.69) is 20.4 Å². The Hall–Kier alpha value is -3.10. The number of halogens is 2. The molecule has 0 radical (unpaired) electrons. The van der Waals surface area contributed by atoms with Crippen LogP contribution in [0.1, 0.15) is 18.5 Å². The van der Waals surface area contributed by atoms with Crippen molar-refractivity contribution >= 4 is 29.3 Å². The average molecular weight is 473 g/mol. The third kappa shape index (κ3) is 5.29. The first-order valence-electron chi connectivity index (χ1n) is 10.9. The largest absolute Gasteiger partial charge is 0.463 e. The summed E-state index contributed by atoms with van der Waals surface area (Å²) < 4.78 is 18.7. The van der Waals surface area contributed by atoms with E-state index in [-0.39, 0.29) is 6.61 Å². The van der Waals surface area contributed by atoms with E-state index < -0.39 is 23.9 Å². The van der Waals surface area contributed by atoms with Crippen LogP contribution < -0.4 is 15.5 Å². The van der Waals surface area contributed by atoms with Gasteiger partial charge >= 0.3 is 12.0 Å². The van der Waals surface area contributed by atoms with Crippen LogP contribution in [0, 0.1) is 5.82 Å². The Morgan fingerprint density at radius 2 is 1.82 bits per heavy atom. The molecular weight excluding hydrogens is 447 g/mol. The molecule has 2 aliphatic heterocycles. The number of amides is 2. The van der Waals surface area contributed by atoms with E-state index in [4.69, 9.17) is 16.3 Å². The second-order valence-electron chi connectivity index (χ2n) is 7.91. The maximum Gasteiger partial charge on any atom is 0.338 e. The molecule has 2 aromatic carbocycles. The van der Waals surface area contributed by atoms with Crippen LogP contribution in [0.3, 0.4) is 0 Å². The number of hydrogen-bond acceptors (Lipinski definition) is 5. The number of carbonyl (C=O) groups excluding carboxylic acids is 2. The van der Waals surface area contributed by atoms with E-state index in [1.54, 1.807) is 19.1 Å². The van der Waals surface area contributed by atoms with E-state index in [0.29, 0.717) is 28.4 Å². The van der Waals surface area contributed by atoms with Gasteiger partial charge in [-0.05, 0) is 36.8 Å². The van der Waals surface area contributed by atoms with Crippen molar-refractivity contribution in [2.45, 2.75) is 13.0 Å². The number of rotatable bonds is 6. The van der Waals surface area contributed by atoms with Crippen molar-refractivity contribution in [3.05, 3.63) is 76.2 Å². The lowest BCUT2D eigenvalue weighted by Gasteiger charge is -2.38. The normalized spacial score (nSPS) is 19.2. The highest BCUT2D eigenvalue weighted by molar-refractivity contribution is 6.33. The van der Waals surface area contributed by atoms with Crippen molar-refractivity contribution in [3.63, 3.8) is 0 Å². The number of carbonyl (C=O) groups is 2. The second-order valence-corrected chi connectivity index (χ2v) is 8.32. The summed E-state index contributed by atoms with van der Waals surface area (Å²) in [5, 5.41) is 6.28. The highest BCUT2D eigenvalue weighted by atomic mass is 35.5. The van der Waals surface area contributed by atoms with Crippen molar-refractivity contribution in [3.8, 4) is 0 Å². The van der Waals surface area contributed by atoms with Gasteiger partial charge in [-0.15, -0.1) is 0 Å². The first kappa shape index (κ1) is 23.1. The minimum atomic E-state index is -0.724. The summed E-state index contributed by atoms with van der Waals surface area (Å²) in [5.41, 5.74) is 2.43. The van der Waals surface area contributed by atoms with Gasteiger partial charge < -0.3 is 20.3 Å². The SMILES string of the molecule is CCOC(=O)C1=C(CN2CCN(c3ccccc3Cl)CC2)NC(=O)N[C@@H]1c1ccc(F)cc1. The molecule has 0 unspecified atom stereocenters. The van der Waals surface area contributed by atoms with Crippen LogP contribution in [-0.2, 0) is 9.53 Å². The molecular formula is C24H26ClFN4O3. The van der Waals surface area contributed by atoms with E-state index in [0.717, 1.165) is 31.9 Å². The van der Waals surface area contributed by atoms with E-state index in [1.807, 2.05) is 24.3 Å². The molecule has 0 saturated carbocycles. The maximum absolute atomic E-state index is 13.4. The number of anilines is 1. The highest BCUT2D eigenvalue weighted by Gasteiger charge is 2.34. The number of piperazine rings is 1.